The Kier molecular flexibility index (Phi) is 6.15. The Morgan fingerprint density at radius 2 is 1.00 bits per heavy atom. The fraction of sp³-hybridized carbons (Fsp3) is 0. The molecule has 0 bridgehead atoms. The van der Waals surface area contributed by atoms with Crippen LogP contribution in [-0.4, -0.2) is 4.98 Å². The van der Waals surface area contributed by atoms with E-state index < -0.39 is 0 Å². The predicted molar refractivity (Wildman–Crippen MR) is 201 cm³/mol. The zero-order valence-electron chi connectivity index (χ0n) is 25.9. The molecule has 8 aromatic carbocycles. The van der Waals surface area contributed by atoms with Crippen LogP contribution in [0.25, 0.3) is 76.6 Å². The number of pyridine rings is 1. The Morgan fingerprint density at radius 3 is 1.83 bits per heavy atom. The van der Waals surface area contributed by atoms with E-state index in [9.17, 15) is 0 Å². The van der Waals surface area contributed by atoms with E-state index in [1.165, 1.54) is 49.0 Å². The van der Waals surface area contributed by atoms with Crippen molar-refractivity contribution in [1.82, 2.24) is 4.98 Å². The summed E-state index contributed by atoms with van der Waals surface area (Å²) in [6.45, 7) is 0. The summed E-state index contributed by atoms with van der Waals surface area (Å²) >= 11 is 1.76. The van der Waals surface area contributed by atoms with Gasteiger partial charge in [-0.1, -0.05) is 121 Å². The molecule has 1 aromatic heterocycles. The van der Waals surface area contributed by atoms with Crippen molar-refractivity contribution in [3.63, 3.8) is 0 Å². The SMILES string of the molecule is c1ccc2c(c1)Oc1cc(-c3cc(-c4cccc5ncccc45)ccc3-c3ccc4c5ccccc5c5ccccc5c4c3)ccc1S2. The van der Waals surface area contributed by atoms with Gasteiger partial charge in [0.1, 0.15) is 11.5 Å². The first kappa shape index (κ1) is 27.2. The van der Waals surface area contributed by atoms with E-state index in [0.29, 0.717) is 0 Å². The van der Waals surface area contributed by atoms with Gasteiger partial charge < -0.3 is 4.74 Å². The number of fused-ring (bicyclic) bond motifs is 9. The number of para-hydroxylation sites is 1. The third-order valence-electron chi connectivity index (χ3n) is 9.58. The van der Waals surface area contributed by atoms with Crippen molar-refractivity contribution in [3.8, 4) is 44.9 Å². The summed E-state index contributed by atoms with van der Waals surface area (Å²) in [5, 5.41) is 8.80. The summed E-state index contributed by atoms with van der Waals surface area (Å²) < 4.78 is 6.48. The van der Waals surface area contributed by atoms with Crippen molar-refractivity contribution in [2.45, 2.75) is 9.79 Å². The fourth-order valence-corrected chi connectivity index (χ4v) is 8.26. The smallest absolute Gasteiger partial charge is 0.142 e. The second-order valence-corrected chi connectivity index (χ2v) is 13.4. The van der Waals surface area contributed by atoms with E-state index in [1.807, 2.05) is 24.4 Å². The Morgan fingerprint density at radius 1 is 0.375 bits per heavy atom. The van der Waals surface area contributed by atoms with E-state index in [0.717, 1.165) is 48.9 Å². The summed E-state index contributed by atoms with van der Waals surface area (Å²) in [6, 6.07) is 56.8. The molecule has 9 aromatic rings. The lowest BCUT2D eigenvalue weighted by molar-refractivity contribution is 0.455. The van der Waals surface area contributed by atoms with Crippen LogP contribution in [0.5, 0.6) is 11.5 Å². The van der Waals surface area contributed by atoms with Gasteiger partial charge in [0.2, 0.25) is 0 Å². The minimum Gasteiger partial charge on any atom is -0.455 e. The normalized spacial score (nSPS) is 12.2. The summed E-state index contributed by atoms with van der Waals surface area (Å²) in [4.78, 5) is 6.90. The number of benzene rings is 8. The largest absolute Gasteiger partial charge is 0.455 e. The van der Waals surface area contributed by atoms with Crippen LogP contribution in [0, 0.1) is 0 Å². The van der Waals surface area contributed by atoms with Crippen LogP contribution in [0.4, 0.5) is 0 Å². The Hall–Kier alpha value is -5.90. The highest BCUT2D eigenvalue weighted by Crippen LogP contribution is 2.49. The van der Waals surface area contributed by atoms with Crippen molar-refractivity contribution in [1.29, 1.82) is 0 Å². The van der Waals surface area contributed by atoms with Crippen molar-refractivity contribution in [2.24, 2.45) is 0 Å². The van der Waals surface area contributed by atoms with E-state index in [2.05, 4.69) is 145 Å². The molecule has 0 N–H and O–H groups in total. The predicted octanol–water partition coefficient (Wildman–Crippen LogP) is 13.0. The molecule has 0 amide bonds. The number of ether oxygens (including phenoxy) is 1. The monoisotopic (exact) mass is 629 g/mol. The molecule has 0 spiro atoms. The van der Waals surface area contributed by atoms with Gasteiger partial charge in [-0.3, -0.25) is 4.98 Å². The van der Waals surface area contributed by atoms with E-state index in [-0.39, 0.29) is 0 Å². The van der Waals surface area contributed by atoms with Gasteiger partial charge in [-0.15, -0.1) is 0 Å². The molecule has 0 atom stereocenters. The molecule has 2 heterocycles. The lowest BCUT2D eigenvalue weighted by atomic mass is 9.88. The average molecular weight is 630 g/mol. The van der Waals surface area contributed by atoms with E-state index in [1.54, 1.807) is 11.8 Å². The third-order valence-corrected chi connectivity index (χ3v) is 10.7. The molecule has 0 saturated heterocycles. The molecule has 0 unspecified atom stereocenters. The maximum atomic E-state index is 6.48. The van der Waals surface area contributed by atoms with Crippen molar-refractivity contribution in [2.75, 3.05) is 0 Å². The van der Waals surface area contributed by atoms with Gasteiger partial charge >= 0.3 is 0 Å². The number of nitrogens with zero attached hydrogens (tertiary/aromatic N) is 1. The van der Waals surface area contributed by atoms with Gasteiger partial charge in [-0.05, 0) is 114 Å². The Balaban J connectivity index is 1.21. The first-order chi connectivity index (χ1) is 23.8. The molecule has 3 heteroatoms. The number of hydrogen-bond acceptors (Lipinski definition) is 3. The maximum Gasteiger partial charge on any atom is 0.142 e. The lowest BCUT2D eigenvalue weighted by Crippen LogP contribution is -1.96. The summed E-state index contributed by atoms with van der Waals surface area (Å²) in [5.41, 5.74) is 7.96. The third kappa shape index (κ3) is 4.32. The molecular formula is C45H27NOS. The molecule has 10 rings (SSSR count). The summed E-state index contributed by atoms with van der Waals surface area (Å²) in [5.74, 6) is 1.79. The Bertz CT molecular complexity index is 2710. The van der Waals surface area contributed by atoms with Crippen LogP contribution in [0.3, 0.4) is 0 Å². The van der Waals surface area contributed by atoms with Gasteiger partial charge in [0, 0.05) is 11.6 Å². The zero-order valence-corrected chi connectivity index (χ0v) is 26.7. The second-order valence-electron chi connectivity index (χ2n) is 12.3. The van der Waals surface area contributed by atoms with Gasteiger partial charge in [-0.25, -0.2) is 0 Å². The van der Waals surface area contributed by atoms with Gasteiger partial charge in [0.05, 0.1) is 15.3 Å². The van der Waals surface area contributed by atoms with Crippen molar-refractivity contribution < 1.29 is 4.74 Å². The molecule has 0 aliphatic carbocycles. The van der Waals surface area contributed by atoms with E-state index >= 15 is 0 Å². The lowest BCUT2D eigenvalue weighted by Gasteiger charge is -2.21. The zero-order chi connectivity index (χ0) is 31.6. The minimum absolute atomic E-state index is 0.887. The maximum absolute atomic E-state index is 6.48. The van der Waals surface area contributed by atoms with Gasteiger partial charge in [0.25, 0.3) is 0 Å². The number of aromatic nitrogens is 1. The number of hydrogen-bond donors (Lipinski definition) is 0. The summed E-state index contributed by atoms with van der Waals surface area (Å²) in [7, 11) is 0. The highest BCUT2D eigenvalue weighted by Gasteiger charge is 2.20. The van der Waals surface area contributed by atoms with E-state index in [4.69, 9.17) is 4.74 Å². The average Bonchev–Trinajstić information content (AvgIpc) is 3.16. The van der Waals surface area contributed by atoms with Gasteiger partial charge in [0.15, 0.2) is 0 Å². The minimum atomic E-state index is 0.887. The molecule has 48 heavy (non-hydrogen) atoms. The van der Waals surface area contributed by atoms with Crippen LogP contribution < -0.4 is 4.74 Å². The van der Waals surface area contributed by atoms with Crippen LogP contribution in [0.2, 0.25) is 0 Å². The highest BCUT2D eigenvalue weighted by molar-refractivity contribution is 7.99. The van der Waals surface area contributed by atoms with Crippen LogP contribution >= 0.6 is 11.8 Å². The molecule has 1 aliphatic heterocycles. The van der Waals surface area contributed by atoms with Crippen LogP contribution in [0.15, 0.2) is 174 Å². The molecule has 0 fully saturated rings. The van der Waals surface area contributed by atoms with Crippen molar-refractivity contribution >= 4 is 55.0 Å². The fourth-order valence-electron chi connectivity index (χ4n) is 7.33. The number of rotatable bonds is 3. The standard InChI is InChI=1S/C45H27NOS/c1-2-11-35-33(9-1)34-10-3-4-12-36(34)40-26-29(19-22-37(35)40)32-21-18-28(31-13-7-15-41-38(31)14-8-24-46-41)25-39(32)30-20-23-45-43(27-30)47-42-16-5-6-17-44(42)48-45/h1-27H. The van der Waals surface area contributed by atoms with Crippen LogP contribution in [-0.2, 0) is 0 Å². The van der Waals surface area contributed by atoms with Crippen molar-refractivity contribution in [3.05, 3.63) is 164 Å². The Labute approximate surface area is 282 Å². The molecule has 224 valence electrons. The van der Waals surface area contributed by atoms with Gasteiger partial charge in [-0.2, -0.15) is 0 Å². The van der Waals surface area contributed by atoms with Crippen LogP contribution in [0.1, 0.15) is 0 Å². The first-order valence-corrected chi connectivity index (χ1v) is 17.0. The molecule has 0 radical (unpaired) electrons. The quantitative estimate of drug-likeness (QED) is 0.182. The topological polar surface area (TPSA) is 22.1 Å². The molecule has 0 saturated carbocycles. The molecule has 2 nitrogen and oxygen atoms in total. The summed E-state index contributed by atoms with van der Waals surface area (Å²) in [6.07, 6.45) is 1.86. The second kappa shape index (κ2) is 10.8. The first-order valence-electron chi connectivity index (χ1n) is 16.2. The molecule has 1 aliphatic rings. The highest BCUT2D eigenvalue weighted by atomic mass is 32.2. The molecular weight excluding hydrogens is 603 g/mol.